The average Bonchev–Trinajstić information content (AvgIpc) is 2.77. The molecule has 35 heavy (non-hydrogen) atoms. The minimum Gasteiger partial charge on any atom is -0.507 e. The predicted molar refractivity (Wildman–Crippen MR) is 138 cm³/mol. The summed E-state index contributed by atoms with van der Waals surface area (Å²) >= 11 is 1.51. The number of hydrogen-bond acceptors (Lipinski definition) is 7. The van der Waals surface area contributed by atoms with Gasteiger partial charge in [-0.25, -0.2) is 4.79 Å². The number of para-hydroxylation sites is 1. The summed E-state index contributed by atoms with van der Waals surface area (Å²) in [5, 5.41) is 26.0. The molecule has 2 atom stereocenters. The van der Waals surface area contributed by atoms with Gasteiger partial charge in [-0.2, -0.15) is 11.8 Å². The topological polar surface area (TPSA) is 128 Å². The smallest absolute Gasteiger partial charge is 0.408 e. The lowest BCUT2D eigenvalue weighted by Gasteiger charge is -2.34. The Balaban J connectivity index is 3.43. The standard InChI is InChI=1S/C25H41N3O6S/c1-7-8-13-26-22(31)20(18-11-9-10-17(2)21(18)30)28(14-15-29)23(32)19(12-16-35-6)27-24(33)34-25(3,4)5/h9-11,19-20,29-30H,7-8,12-16H2,1-6H3,(H,26,31)(H,27,33). The summed E-state index contributed by atoms with van der Waals surface area (Å²) in [6.45, 7) is 8.71. The summed E-state index contributed by atoms with van der Waals surface area (Å²) in [7, 11) is 0. The number of thioether (sulfide) groups is 1. The zero-order chi connectivity index (χ0) is 26.6. The Bertz CT molecular complexity index is 843. The fourth-order valence-electron chi connectivity index (χ4n) is 3.46. The number of amides is 3. The number of nitrogens with zero attached hydrogens (tertiary/aromatic N) is 1. The molecule has 0 heterocycles. The van der Waals surface area contributed by atoms with Crippen molar-refractivity contribution < 1.29 is 29.3 Å². The maximum absolute atomic E-state index is 13.8. The molecule has 2 unspecified atom stereocenters. The van der Waals surface area contributed by atoms with Gasteiger partial charge >= 0.3 is 6.09 Å². The molecule has 1 aromatic rings. The normalized spacial score (nSPS) is 13.0. The summed E-state index contributed by atoms with van der Waals surface area (Å²) in [5.41, 5.74) is 0.0505. The second-order valence-corrected chi connectivity index (χ2v) is 10.3. The minimum absolute atomic E-state index is 0.0975. The van der Waals surface area contributed by atoms with E-state index < -0.39 is 42.2 Å². The van der Waals surface area contributed by atoms with Gasteiger partial charge < -0.3 is 30.5 Å². The number of aliphatic hydroxyl groups is 1. The summed E-state index contributed by atoms with van der Waals surface area (Å²) in [6, 6.07) is 2.81. The van der Waals surface area contributed by atoms with E-state index >= 15 is 0 Å². The number of phenolic OH excluding ortho intramolecular Hbond substituents is 1. The van der Waals surface area contributed by atoms with Crippen molar-refractivity contribution in [2.75, 3.05) is 31.7 Å². The van der Waals surface area contributed by atoms with Crippen LogP contribution in [0.3, 0.4) is 0 Å². The Kier molecular flexibility index (Phi) is 13.0. The van der Waals surface area contributed by atoms with Gasteiger partial charge in [0.25, 0.3) is 0 Å². The maximum Gasteiger partial charge on any atom is 0.408 e. The number of carbonyl (C=O) groups excluding carboxylic acids is 3. The van der Waals surface area contributed by atoms with Gasteiger partial charge in [0, 0.05) is 18.7 Å². The monoisotopic (exact) mass is 511 g/mol. The van der Waals surface area contributed by atoms with Crippen LogP contribution >= 0.6 is 11.8 Å². The van der Waals surface area contributed by atoms with Crippen LogP contribution in [0.2, 0.25) is 0 Å². The van der Waals surface area contributed by atoms with E-state index in [0.717, 1.165) is 12.8 Å². The SMILES string of the molecule is CCCCNC(=O)C(c1cccc(C)c1O)N(CCO)C(=O)C(CCSC)NC(=O)OC(C)(C)C. The van der Waals surface area contributed by atoms with Gasteiger partial charge in [0.1, 0.15) is 23.4 Å². The van der Waals surface area contributed by atoms with Crippen molar-refractivity contribution in [3.63, 3.8) is 0 Å². The Morgan fingerprint density at radius 1 is 1.23 bits per heavy atom. The molecule has 4 N–H and O–H groups in total. The van der Waals surface area contributed by atoms with Gasteiger partial charge in [-0.3, -0.25) is 9.59 Å². The first kappa shape index (κ1) is 30.6. The maximum atomic E-state index is 13.8. The van der Waals surface area contributed by atoms with Crippen LogP contribution in [0.25, 0.3) is 0 Å². The molecule has 0 aliphatic heterocycles. The highest BCUT2D eigenvalue weighted by Gasteiger charge is 2.37. The molecule has 1 aromatic carbocycles. The predicted octanol–water partition coefficient (Wildman–Crippen LogP) is 3.13. The van der Waals surface area contributed by atoms with Crippen LogP contribution in [0.4, 0.5) is 4.79 Å². The summed E-state index contributed by atoms with van der Waals surface area (Å²) in [5.74, 6) is -0.542. The molecule has 0 radical (unpaired) electrons. The Morgan fingerprint density at radius 3 is 2.49 bits per heavy atom. The number of hydrogen-bond donors (Lipinski definition) is 4. The van der Waals surface area contributed by atoms with Crippen molar-refractivity contribution in [3.8, 4) is 5.75 Å². The second-order valence-electron chi connectivity index (χ2n) is 9.30. The van der Waals surface area contributed by atoms with Gasteiger partial charge in [-0.15, -0.1) is 0 Å². The zero-order valence-corrected chi connectivity index (χ0v) is 22.5. The molecule has 10 heteroatoms. The molecule has 0 bridgehead atoms. The highest BCUT2D eigenvalue weighted by atomic mass is 32.2. The number of unbranched alkanes of at least 4 members (excludes halogenated alkanes) is 1. The van der Waals surface area contributed by atoms with Crippen LogP contribution in [0.1, 0.15) is 64.1 Å². The fourth-order valence-corrected chi connectivity index (χ4v) is 3.93. The van der Waals surface area contributed by atoms with Gasteiger partial charge in [0.2, 0.25) is 11.8 Å². The lowest BCUT2D eigenvalue weighted by atomic mass is 9.99. The summed E-state index contributed by atoms with van der Waals surface area (Å²) in [4.78, 5) is 40.8. The lowest BCUT2D eigenvalue weighted by molar-refractivity contribution is -0.143. The first-order valence-electron chi connectivity index (χ1n) is 11.9. The van der Waals surface area contributed by atoms with E-state index in [0.29, 0.717) is 24.3 Å². The van der Waals surface area contributed by atoms with Gasteiger partial charge in [0.15, 0.2) is 0 Å². The molecular formula is C25H41N3O6S. The average molecular weight is 512 g/mol. The Labute approximate surface area is 213 Å². The number of carbonyl (C=O) groups is 3. The van der Waals surface area contributed by atoms with E-state index in [1.807, 2.05) is 13.2 Å². The summed E-state index contributed by atoms with van der Waals surface area (Å²) in [6.07, 6.45) is 3.06. The van der Waals surface area contributed by atoms with Gasteiger partial charge in [-0.1, -0.05) is 31.5 Å². The molecule has 0 fully saturated rings. The number of phenols is 1. The lowest BCUT2D eigenvalue weighted by Crippen LogP contribution is -2.54. The Morgan fingerprint density at radius 2 is 1.91 bits per heavy atom. The molecule has 0 spiro atoms. The number of rotatable bonds is 13. The third-order valence-corrected chi connectivity index (χ3v) is 5.82. The van der Waals surface area contributed by atoms with E-state index in [4.69, 9.17) is 4.74 Å². The van der Waals surface area contributed by atoms with Crippen LogP contribution in [-0.4, -0.2) is 76.4 Å². The number of aromatic hydroxyl groups is 1. The third kappa shape index (κ3) is 9.97. The van der Waals surface area contributed by atoms with E-state index in [9.17, 15) is 24.6 Å². The van der Waals surface area contributed by atoms with E-state index in [2.05, 4.69) is 10.6 Å². The van der Waals surface area contributed by atoms with Crippen molar-refractivity contribution in [1.29, 1.82) is 0 Å². The van der Waals surface area contributed by atoms with Crippen molar-refractivity contribution in [2.24, 2.45) is 0 Å². The minimum atomic E-state index is -1.19. The second kappa shape index (κ2) is 14.8. The number of nitrogens with one attached hydrogen (secondary N) is 2. The van der Waals surface area contributed by atoms with Gasteiger partial charge in [-0.05, 0) is 58.1 Å². The van der Waals surface area contributed by atoms with Crippen molar-refractivity contribution in [2.45, 2.75) is 71.6 Å². The third-order valence-electron chi connectivity index (χ3n) is 5.18. The van der Waals surface area contributed by atoms with E-state index in [1.54, 1.807) is 45.9 Å². The van der Waals surface area contributed by atoms with Crippen LogP contribution in [0.5, 0.6) is 5.75 Å². The fraction of sp³-hybridized carbons (Fsp3) is 0.640. The molecule has 0 aliphatic carbocycles. The number of alkyl carbamates (subject to hydrolysis) is 1. The molecule has 0 saturated heterocycles. The van der Waals surface area contributed by atoms with E-state index in [-0.39, 0.29) is 17.9 Å². The van der Waals surface area contributed by atoms with Crippen molar-refractivity contribution in [1.82, 2.24) is 15.5 Å². The first-order chi connectivity index (χ1) is 16.5. The molecule has 0 aliphatic rings. The number of benzene rings is 1. The van der Waals surface area contributed by atoms with Crippen molar-refractivity contribution >= 4 is 29.7 Å². The molecule has 3 amide bonds. The van der Waals surface area contributed by atoms with Crippen LogP contribution in [-0.2, 0) is 14.3 Å². The molecular weight excluding hydrogens is 470 g/mol. The number of aliphatic hydroxyl groups excluding tert-OH is 1. The van der Waals surface area contributed by atoms with Crippen LogP contribution in [0, 0.1) is 6.92 Å². The molecule has 9 nitrogen and oxygen atoms in total. The molecule has 0 aromatic heterocycles. The Hall–Kier alpha value is -2.46. The van der Waals surface area contributed by atoms with Crippen molar-refractivity contribution in [3.05, 3.63) is 29.3 Å². The quantitative estimate of drug-likeness (QED) is 0.300. The first-order valence-corrected chi connectivity index (χ1v) is 13.3. The molecule has 1 rings (SSSR count). The number of aryl methyl sites for hydroxylation is 1. The summed E-state index contributed by atoms with van der Waals surface area (Å²) < 4.78 is 5.33. The molecule has 198 valence electrons. The number of ether oxygens (including phenoxy) is 1. The highest BCUT2D eigenvalue weighted by Crippen LogP contribution is 2.32. The van der Waals surface area contributed by atoms with E-state index in [1.165, 1.54) is 16.7 Å². The molecule has 0 saturated carbocycles. The van der Waals surface area contributed by atoms with Crippen LogP contribution in [0.15, 0.2) is 18.2 Å². The zero-order valence-electron chi connectivity index (χ0n) is 21.7. The largest absolute Gasteiger partial charge is 0.507 e. The van der Waals surface area contributed by atoms with Crippen LogP contribution < -0.4 is 10.6 Å². The van der Waals surface area contributed by atoms with Gasteiger partial charge in [0.05, 0.1) is 6.61 Å². The highest BCUT2D eigenvalue weighted by molar-refractivity contribution is 7.98.